The highest BCUT2D eigenvalue weighted by atomic mass is 19.1. The third-order valence-corrected chi connectivity index (χ3v) is 2.87. The number of rotatable bonds is 6. The second-order valence-corrected chi connectivity index (χ2v) is 4.60. The maximum atomic E-state index is 13.4. The van der Waals surface area contributed by atoms with Gasteiger partial charge in [0.1, 0.15) is 11.6 Å². The summed E-state index contributed by atoms with van der Waals surface area (Å²) in [7, 11) is 1.90. The molecule has 1 N–H and O–H groups in total. The van der Waals surface area contributed by atoms with Crippen molar-refractivity contribution in [2.45, 2.75) is 13.0 Å². The zero-order valence-electron chi connectivity index (χ0n) is 11.3. The zero-order chi connectivity index (χ0) is 14.4. The quantitative estimate of drug-likeness (QED) is 0.882. The summed E-state index contributed by atoms with van der Waals surface area (Å²) in [6.07, 6.45) is 1.92. The minimum Gasteiger partial charge on any atom is -0.468 e. The molecule has 0 saturated heterocycles. The number of benzene rings is 1. The largest absolute Gasteiger partial charge is 0.468 e. The van der Waals surface area contributed by atoms with Gasteiger partial charge in [-0.15, -0.1) is 0 Å². The summed E-state index contributed by atoms with van der Waals surface area (Å²) >= 11 is 0. The molecule has 106 valence electrons. The number of furan rings is 1. The number of carbonyl (C=O) groups excluding carboxylic acids is 1. The zero-order valence-corrected chi connectivity index (χ0v) is 11.3. The topological polar surface area (TPSA) is 45.5 Å². The molecule has 0 spiro atoms. The number of halogens is 1. The molecule has 0 unspecified atom stereocenters. The standard InChI is InChI=1S/C15H17FN2O2/c1-18(11-12-5-4-10-20-12)9-8-15(19)17-14-7-3-2-6-13(14)16/h2-7,10H,8-9,11H2,1H3,(H,17,19). The molecule has 1 aromatic carbocycles. The second-order valence-electron chi connectivity index (χ2n) is 4.60. The molecule has 0 atom stereocenters. The molecule has 0 saturated carbocycles. The highest BCUT2D eigenvalue weighted by Crippen LogP contribution is 2.12. The van der Waals surface area contributed by atoms with Gasteiger partial charge in [0.25, 0.3) is 0 Å². The molecule has 0 radical (unpaired) electrons. The molecule has 0 fully saturated rings. The lowest BCUT2D eigenvalue weighted by Crippen LogP contribution is -2.24. The fraction of sp³-hybridized carbons (Fsp3) is 0.267. The second kappa shape index (κ2) is 6.86. The van der Waals surface area contributed by atoms with Gasteiger partial charge in [-0.3, -0.25) is 9.69 Å². The van der Waals surface area contributed by atoms with Crippen LogP contribution < -0.4 is 5.32 Å². The van der Waals surface area contributed by atoms with Crippen LogP contribution in [-0.2, 0) is 11.3 Å². The van der Waals surface area contributed by atoms with Gasteiger partial charge in [0.15, 0.2) is 0 Å². The molecule has 4 nitrogen and oxygen atoms in total. The Hall–Kier alpha value is -2.14. The highest BCUT2D eigenvalue weighted by molar-refractivity contribution is 5.90. The van der Waals surface area contributed by atoms with Crippen LogP contribution in [0.3, 0.4) is 0 Å². The predicted octanol–water partition coefficient (Wildman–Crippen LogP) is 2.88. The minimum atomic E-state index is -0.426. The van der Waals surface area contributed by atoms with Crippen molar-refractivity contribution in [3.05, 3.63) is 54.2 Å². The van der Waals surface area contributed by atoms with E-state index in [-0.39, 0.29) is 11.6 Å². The van der Waals surface area contributed by atoms with E-state index in [1.54, 1.807) is 24.5 Å². The average Bonchev–Trinajstić information content (AvgIpc) is 2.92. The number of para-hydroxylation sites is 1. The van der Waals surface area contributed by atoms with Crippen LogP contribution in [0.1, 0.15) is 12.2 Å². The lowest BCUT2D eigenvalue weighted by atomic mass is 10.3. The summed E-state index contributed by atoms with van der Waals surface area (Å²) in [6, 6.07) is 9.84. The summed E-state index contributed by atoms with van der Waals surface area (Å²) in [5, 5.41) is 2.56. The molecule has 0 aliphatic carbocycles. The van der Waals surface area contributed by atoms with Crippen molar-refractivity contribution in [3.63, 3.8) is 0 Å². The molecule has 1 aromatic heterocycles. The van der Waals surface area contributed by atoms with Crippen molar-refractivity contribution in [1.29, 1.82) is 0 Å². The van der Waals surface area contributed by atoms with E-state index in [4.69, 9.17) is 4.42 Å². The number of anilines is 1. The molecule has 5 heteroatoms. The van der Waals surface area contributed by atoms with E-state index in [1.165, 1.54) is 6.07 Å². The van der Waals surface area contributed by atoms with Gasteiger partial charge < -0.3 is 9.73 Å². The third kappa shape index (κ3) is 4.20. The van der Waals surface area contributed by atoms with Gasteiger partial charge in [-0.1, -0.05) is 12.1 Å². The van der Waals surface area contributed by atoms with Crippen LogP contribution in [0.2, 0.25) is 0 Å². The van der Waals surface area contributed by atoms with Crippen LogP contribution in [0.5, 0.6) is 0 Å². The number of hydrogen-bond acceptors (Lipinski definition) is 3. The average molecular weight is 276 g/mol. The molecule has 20 heavy (non-hydrogen) atoms. The Morgan fingerprint density at radius 1 is 1.30 bits per heavy atom. The van der Waals surface area contributed by atoms with Gasteiger partial charge in [-0.05, 0) is 31.3 Å². The fourth-order valence-electron chi connectivity index (χ4n) is 1.82. The van der Waals surface area contributed by atoms with E-state index in [9.17, 15) is 9.18 Å². The van der Waals surface area contributed by atoms with E-state index in [0.717, 1.165) is 5.76 Å². The summed E-state index contributed by atoms with van der Waals surface area (Å²) in [5.41, 5.74) is 0.214. The maximum Gasteiger partial charge on any atom is 0.225 e. The molecule has 0 aliphatic heterocycles. The summed E-state index contributed by atoms with van der Waals surface area (Å²) in [4.78, 5) is 13.7. The first-order valence-electron chi connectivity index (χ1n) is 6.40. The molecule has 2 aromatic rings. The van der Waals surface area contributed by atoms with Crippen molar-refractivity contribution >= 4 is 11.6 Å². The lowest BCUT2D eigenvalue weighted by molar-refractivity contribution is -0.116. The Kier molecular flexibility index (Phi) is 4.90. The van der Waals surface area contributed by atoms with Gasteiger partial charge in [-0.2, -0.15) is 0 Å². The number of nitrogens with one attached hydrogen (secondary N) is 1. The first kappa shape index (κ1) is 14.3. The maximum absolute atomic E-state index is 13.4. The minimum absolute atomic E-state index is 0.207. The van der Waals surface area contributed by atoms with E-state index < -0.39 is 5.82 Å². The SMILES string of the molecule is CN(CCC(=O)Nc1ccccc1F)Cc1ccco1. The predicted molar refractivity (Wildman–Crippen MR) is 74.7 cm³/mol. The lowest BCUT2D eigenvalue weighted by Gasteiger charge is -2.14. The van der Waals surface area contributed by atoms with Crippen molar-refractivity contribution in [2.75, 3.05) is 18.9 Å². The molecule has 0 aliphatic rings. The van der Waals surface area contributed by atoms with E-state index >= 15 is 0 Å². The number of amides is 1. The molecule has 1 amide bonds. The van der Waals surface area contributed by atoms with Crippen molar-refractivity contribution in [1.82, 2.24) is 4.90 Å². The van der Waals surface area contributed by atoms with E-state index in [2.05, 4.69) is 5.32 Å². The van der Waals surface area contributed by atoms with E-state index in [0.29, 0.717) is 19.5 Å². The molecule has 0 bridgehead atoms. The van der Waals surface area contributed by atoms with Gasteiger partial charge in [0.05, 0.1) is 18.5 Å². The summed E-state index contributed by atoms with van der Waals surface area (Å²) in [5.74, 6) is 0.216. The number of carbonyl (C=O) groups is 1. The number of nitrogens with zero attached hydrogens (tertiary/aromatic N) is 1. The summed E-state index contributed by atoms with van der Waals surface area (Å²) < 4.78 is 18.6. The van der Waals surface area contributed by atoms with Crippen LogP contribution >= 0.6 is 0 Å². The first-order valence-corrected chi connectivity index (χ1v) is 6.40. The van der Waals surface area contributed by atoms with Crippen molar-refractivity contribution in [3.8, 4) is 0 Å². The normalized spacial score (nSPS) is 10.8. The van der Waals surface area contributed by atoms with Crippen LogP contribution in [0, 0.1) is 5.82 Å². The highest BCUT2D eigenvalue weighted by Gasteiger charge is 2.08. The molecule has 1 heterocycles. The Balaban J connectivity index is 1.76. The Labute approximate surface area is 117 Å². The molecule has 2 rings (SSSR count). The monoisotopic (exact) mass is 276 g/mol. The number of hydrogen-bond donors (Lipinski definition) is 1. The van der Waals surface area contributed by atoms with E-state index in [1.807, 2.05) is 24.1 Å². The van der Waals surface area contributed by atoms with Crippen LogP contribution in [0.15, 0.2) is 47.1 Å². The molecular weight excluding hydrogens is 259 g/mol. The van der Waals surface area contributed by atoms with Crippen LogP contribution in [-0.4, -0.2) is 24.4 Å². The smallest absolute Gasteiger partial charge is 0.225 e. The van der Waals surface area contributed by atoms with Gasteiger partial charge >= 0.3 is 0 Å². The van der Waals surface area contributed by atoms with Crippen LogP contribution in [0.4, 0.5) is 10.1 Å². The summed E-state index contributed by atoms with van der Waals surface area (Å²) in [6.45, 7) is 1.21. The van der Waals surface area contributed by atoms with Crippen molar-refractivity contribution in [2.24, 2.45) is 0 Å². The van der Waals surface area contributed by atoms with Gasteiger partial charge in [0, 0.05) is 13.0 Å². The van der Waals surface area contributed by atoms with Gasteiger partial charge in [-0.25, -0.2) is 4.39 Å². The molecular formula is C15H17FN2O2. The Morgan fingerprint density at radius 3 is 2.80 bits per heavy atom. The first-order chi connectivity index (χ1) is 9.65. The fourth-order valence-corrected chi connectivity index (χ4v) is 1.82. The third-order valence-electron chi connectivity index (χ3n) is 2.87. The Bertz CT molecular complexity index is 555. The van der Waals surface area contributed by atoms with Crippen LogP contribution in [0.25, 0.3) is 0 Å². The Morgan fingerprint density at radius 2 is 2.10 bits per heavy atom. The van der Waals surface area contributed by atoms with Crippen molar-refractivity contribution < 1.29 is 13.6 Å². The van der Waals surface area contributed by atoms with Gasteiger partial charge in [0.2, 0.25) is 5.91 Å².